The molecule has 6 nitrogen and oxygen atoms in total. The molecule has 1 atom stereocenters. The van der Waals surface area contributed by atoms with Crippen LogP contribution in [0.2, 0.25) is 0 Å². The zero-order valence-electron chi connectivity index (χ0n) is 16.5. The Morgan fingerprint density at radius 3 is 2.96 bits per heavy atom. The minimum Gasteiger partial charge on any atom is -0.345 e. The van der Waals surface area contributed by atoms with Gasteiger partial charge in [-0.05, 0) is 69.5 Å². The summed E-state index contributed by atoms with van der Waals surface area (Å²) in [4.78, 5) is 21.7. The third-order valence-electron chi connectivity index (χ3n) is 5.34. The molecule has 0 saturated carbocycles. The van der Waals surface area contributed by atoms with Crippen molar-refractivity contribution in [2.45, 2.75) is 39.3 Å². The summed E-state index contributed by atoms with van der Waals surface area (Å²) in [5, 5.41) is 6.40. The molecule has 1 saturated heterocycles. The molecular weight excluding hydrogens is 350 g/mol. The first-order valence-electron chi connectivity index (χ1n) is 10.0. The van der Waals surface area contributed by atoms with E-state index in [0.29, 0.717) is 18.0 Å². The second-order valence-electron chi connectivity index (χ2n) is 7.81. The number of rotatable bonds is 6. The predicted molar refractivity (Wildman–Crippen MR) is 110 cm³/mol. The molecule has 2 N–H and O–H groups in total. The van der Waals surface area contributed by atoms with Crippen LogP contribution in [-0.4, -0.2) is 33.5 Å². The van der Waals surface area contributed by atoms with E-state index < -0.39 is 0 Å². The van der Waals surface area contributed by atoms with Crippen LogP contribution in [0.5, 0.6) is 0 Å². The first-order valence-corrected chi connectivity index (χ1v) is 10.0. The average molecular weight is 377 g/mol. The summed E-state index contributed by atoms with van der Waals surface area (Å²) in [6.07, 6.45) is 5.65. The summed E-state index contributed by atoms with van der Waals surface area (Å²) in [6, 6.07) is 10.3. The number of benzene rings is 1. The number of para-hydroxylation sites is 2. The highest BCUT2D eigenvalue weighted by atomic mass is 16.1. The van der Waals surface area contributed by atoms with Crippen LogP contribution in [0.25, 0.3) is 11.0 Å². The Labute approximate surface area is 165 Å². The molecule has 1 unspecified atom stereocenters. The highest BCUT2D eigenvalue weighted by molar-refractivity contribution is 5.94. The van der Waals surface area contributed by atoms with Gasteiger partial charge in [-0.2, -0.15) is 0 Å². The fraction of sp³-hybridized carbons (Fsp3) is 0.409. The van der Waals surface area contributed by atoms with Gasteiger partial charge in [-0.15, -0.1) is 0 Å². The standard InChI is InChI=1S/C22H27N5O/c1-15(2)27-20-6-4-3-5-19(20)26-21(27)14-25-22(28)18-10-17(12-24-13-18)9-16-7-8-23-11-16/h3-6,10,12-13,15-16,23H,7-9,11,14H2,1-2H3,(H,25,28). The van der Waals surface area contributed by atoms with Crippen molar-refractivity contribution in [3.63, 3.8) is 0 Å². The van der Waals surface area contributed by atoms with Crippen molar-refractivity contribution in [2.75, 3.05) is 13.1 Å². The van der Waals surface area contributed by atoms with Crippen molar-refractivity contribution in [2.24, 2.45) is 5.92 Å². The number of pyridine rings is 1. The van der Waals surface area contributed by atoms with Crippen molar-refractivity contribution < 1.29 is 4.79 Å². The molecule has 0 spiro atoms. The van der Waals surface area contributed by atoms with Gasteiger partial charge in [0, 0.05) is 18.4 Å². The number of imidazole rings is 1. The van der Waals surface area contributed by atoms with Gasteiger partial charge in [0.1, 0.15) is 5.82 Å². The maximum Gasteiger partial charge on any atom is 0.253 e. The van der Waals surface area contributed by atoms with Gasteiger partial charge in [0.25, 0.3) is 5.91 Å². The Morgan fingerprint density at radius 1 is 1.32 bits per heavy atom. The number of carbonyl (C=O) groups is 1. The topological polar surface area (TPSA) is 71.8 Å². The van der Waals surface area contributed by atoms with Gasteiger partial charge in [-0.25, -0.2) is 4.98 Å². The second kappa shape index (κ2) is 8.10. The molecule has 1 aliphatic heterocycles. The van der Waals surface area contributed by atoms with E-state index in [1.807, 2.05) is 30.5 Å². The highest BCUT2D eigenvalue weighted by Gasteiger charge is 2.17. The summed E-state index contributed by atoms with van der Waals surface area (Å²) < 4.78 is 2.18. The van der Waals surface area contributed by atoms with Crippen molar-refractivity contribution in [1.29, 1.82) is 0 Å². The Kier molecular flexibility index (Phi) is 5.39. The molecule has 4 rings (SSSR count). The van der Waals surface area contributed by atoms with Gasteiger partial charge >= 0.3 is 0 Å². The predicted octanol–water partition coefficient (Wildman–Crippen LogP) is 3.09. The molecular formula is C22H27N5O. The van der Waals surface area contributed by atoms with Crippen LogP contribution in [0.4, 0.5) is 0 Å². The summed E-state index contributed by atoms with van der Waals surface area (Å²) in [7, 11) is 0. The van der Waals surface area contributed by atoms with Gasteiger partial charge in [0.15, 0.2) is 0 Å². The van der Waals surface area contributed by atoms with Crippen molar-refractivity contribution >= 4 is 16.9 Å². The Morgan fingerprint density at radius 2 is 2.18 bits per heavy atom. The van der Waals surface area contributed by atoms with Crippen LogP contribution >= 0.6 is 0 Å². The number of amides is 1. The largest absolute Gasteiger partial charge is 0.345 e. The lowest BCUT2D eigenvalue weighted by Crippen LogP contribution is -2.25. The fourth-order valence-corrected chi connectivity index (χ4v) is 4.00. The van der Waals surface area contributed by atoms with Crippen LogP contribution in [0.15, 0.2) is 42.7 Å². The molecule has 3 aromatic rings. The van der Waals surface area contributed by atoms with E-state index in [-0.39, 0.29) is 11.9 Å². The number of nitrogens with zero attached hydrogens (tertiary/aromatic N) is 3. The molecule has 2 aromatic heterocycles. The van der Waals surface area contributed by atoms with E-state index in [0.717, 1.165) is 41.9 Å². The van der Waals surface area contributed by atoms with Crippen LogP contribution in [0, 0.1) is 5.92 Å². The van der Waals surface area contributed by atoms with Gasteiger partial charge in [-0.1, -0.05) is 12.1 Å². The van der Waals surface area contributed by atoms with Gasteiger partial charge in [0.2, 0.25) is 0 Å². The monoisotopic (exact) mass is 377 g/mol. The number of nitrogens with one attached hydrogen (secondary N) is 2. The van der Waals surface area contributed by atoms with Crippen molar-refractivity contribution in [3.05, 3.63) is 59.7 Å². The normalized spacial score (nSPS) is 16.8. The van der Waals surface area contributed by atoms with Crippen LogP contribution in [0.3, 0.4) is 0 Å². The molecule has 1 aliphatic rings. The third kappa shape index (κ3) is 3.92. The Bertz CT molecular complexity index is 972. The Balaban J connectivity index is 1.47. The van der Waals surface area contributed by atoms with Crippen LogP contribution < -0.4 is 10.6 Å². The van der Waals surface area contributed by atoms with Crippen LogP contribution in [0.1, 0.15) is 48.1 Å². The zero-order valence-corrected chi connectivity index (χ0v) is 16.5. The molecule has 0 aliphatic carbocycles. The first kappa shape index (κ1) is 18.6. The van der Waals surface area contributed by atoms with Crippen LogP contribution in [-0.2, 0) is 13.0 Å². The minimum atomic E-state index is -0.110. The molecule has 1 aromatic carbocycles. The van der Waals surface area contributed by atoms with E-state index in [2.05, 4.69) is 40.1 Å². The maximum atomic E-state index is 12.7. The van der Waals surface area contributed by atoms with E-state index >= 15 is 0 Å². The summed E-state index contributed by atoms with van der Waals surface area (Å²) >= 11 is 0. The smallest absolute Gasteiger partial charge is 0.253 e. The van der Waals surface area contributed by atoms with Crippen molar-refractivity contribution in [3.8, 4) is 0 Å². The molecule has 146 valence electrons. The molecule has 1 amide bonds. The Hall–Kier alpha value is -2.73. The first-order chi connectivity index (χ1) is 13.6. The lowest BCUT2D eigenvalue weighted by Gasteiger charge is -2.14. The molecule has 0 bridgehead atoms. The van der Waals surface area contributed by atoms with Gasteiger partial charge < -0.3 is 15.2 Å². The van der Waals surface area contributed by atoms with E-state index in [1.165, 1.54) is 6.42 Å². The fourth-order valence-electron chi connectivity index (χ4n) is 4.00. The number of aromatic nitrogens is 3. The number of fused-ring (bicyclic) bond motifs is 1. The molecule has 28 heavy (non-hydrogen) atoms. The quantitative estimate of drug-likeness (QED) is 0.692. The van der Waals surface area contributed by atoms with Crippen molar-refractivity contribution in [1.82, 2.24) is 25.2 Å². The summed E-state index contributed by atoms with van der Waals surface area (Å²) in [5.74, 6) is 1.39. The number of hydrogen-bond donors (Lipinski definition) is 2. The SMILES string of the molecule is CC(C)n1c(CNC(=O)c2cncc(CC3CCNC3)c2)nc2ccccc21. The van der Waals surface area contributed by atoms with E-state index in [4.69, 9.17) is 4.98 Å². The lowest BCUT2D eigenvalue weighted by atomic mass is 9.99. The van der Waals surface area contributed by atoms with E-state index in [9.17, 15) is 4.79 Å². The molecule has 3 heterocycles. The third-order valence-corrected chi connectivity index (χ3v) is 5.34. The average Bonchev–Trinajstić information content (AvgIpc) is 3.33. The van der Waals surface area contributed by atoms with Gasteiger partial charge in [-0.3, -0.25) is 9.78 Å². The zero-order chi connectivity index (χ0) is 19.5. The lowest BCUT2D eigenvalue weighted by molar-refractivity contribution is 0.0949. The molecule has 0 radical (unpaired) electrons. The maximum absolute atomic E-state index is 12.7. The number of hydrogen-bond acceptors (Lipinski definition) is 4. The van der Waals surface area contributed by atoms with Gasteiger partial charge in [0.05, 0.1) is 23.1 Å². The summed E-state index contributed by atoms with van der Waals surface area (Å²) in [6.45, 7) is 6.77. The highest BCUT2D eigenvalue weighted by Crippen LogP contribution is 2.21. The minimum absolute atomic E-state index is 0.110. The molecule has 6 heteroatoms. The number of carbonyl (C=O) groups excluding carboxylic acids is 1. The summed E-state index contributed by atoms with van der Waals surface area (Å²) in [5.41, 5.74) is 3.77. The second-order valence-corrected chi connectivity index (χ2v) is 7.81. The van der Waals surface area contributed by atoms with E-state index in [1.54, 1.807) is 6.20 Å². The molecule has 1 fully saturated rings.